The summed E-state index contributed by atoms with van der Waals surface area (Å²) in [7, 11) is 0. The minimum absolute atomic E-state index is 0.352. The first-order chi connectivity index (χ1) is 6.77. The molecule has 1 aliphatic rings. The third-order valence-corrected chi connectivity index (χ3v) is 3.54. The van der Waals surface area contributed by atoms with Crippen LogP contribution in [0.1, 0.15) is 24.8 Å². The Bertz CT molecular complexity index is 357. The minimum Gasteiger partial charge on any atom is -0.317 e. The average molecular weight is 250 g/mol. The van der Waals surface area contributed by atoms with Crippen molar-refractivity contribution >= 4 is 15.9 Å². The van der Waals surface area contributed by atoms with Gasteiger partial charge in [-0.15, -0.1) is 0 Å². The van der Waals surface area contributed by atoms with Crippen molar-refractivity contribution in [2.75, 3.05) is 6.54 Å². The SMILES string of the molecule is [C-]#[N+]CCC1(c2ccc(Br)cc2)CC1. The summed E-state index contributed by atoms with van der Waals surface area (Å²) in [6.07, 6.45) is 3.53. The van der Waals surface area contributed by atoms with E-state index < -0.39 is 0 Å². The predicted octanol–water partition coefficient (Wildman–Crippen LogP) is 3.79. The van der Waals surface area contributed by atoms with E-state index in [9.17, 15) is 0 Å². The molecule has 0 atom stereocenters. The Balaban J connectivity index is 2.15. The van der Waals surface area contributed by atoms with E-state index in [1.54, 1.807) is 0 Å². The first-order valence-corrected chi connectivity index (χ1v) is 5.65. The van der Waals surface area contributed by atoms with Crippen molar-refractivity contribution in [2.24, 2.45) is 0 Å². The summed E-state index contributed by atoms with van der Waals surface area (Å²) < 4.78 is 1.13. The fraction of sp³-hybridized carbons (Fsp3) is 0.417. The minimum atomic E-state index is 0.352. The standard InChI is InChI=1S/C12H12BrN/c1-14-9-8-12(6-7-12)10-2-4-11(13)5-3-10/h2-5H,6-9H2. The number of nitrogens with zero attached hydrogens (tertiary/aromatic N) is 1. The van der Waals surface area contributed by atoms with Crippen LogP contribution >= 0.6 is 15.9 Å². The molecule has 1 nitrogen and oxygen atoms in total. The van der Waals surface area contributed by atoms with Crippen LogP contribution in [0.15, 0.2) is 28.7 Å². The molecule has 72 valence electrons. The molecule has 1 fully saturated rings. The topological polar surface area (TPSA) is 4.36 Å². The highest BCUT2D eigenvalue weighted by molar-refractivity contribution is 9.10. The van der Waals surface area contributed by atoms with Gasteiger partial charge in [0, 0.05) is 16.3 Å². The van der Waals surface area contributed by atoms with Gasteiger partial charge in [0.15, 0.2) is 0 Å². The lowest BCUT2D eigenvalue weighted by molar-refractivity contribution is 0.652. The van der Waals surface area contributed by atoms with Crippen molar-refractivity contribution in [3.8, 4) is 0 Å². The molecule has 0 heterocycles. The number of benzene rings is 1. The van der Waals surface area contributed by atoms with Crippen LogP contribution in [0, 0.1) is 6.57 Å². The first kappa shape index (κ1) is 9.73. The molecule has 14 heavy (non-hydrogen) atoms. The Labute approximate surface area is 93.1 Å². The zero-order valence-corrected chi connectivity index (χ0v) is 9.55. The van der Waals surface area contributed by atoms with Crippen molar-refractivity contribution in [1.82, 2.24) is 0 Å². The normalized spacial score (nSPS) is 17.4. The van der Waals surface area contributed by atoms with Crippen LogP contribution in [0.5, 0.6) is 0 Å². The van der Waals surface area contributed by atoms with Crippen molar-refractivity contribution in [1.29, 1.82) is 0 Å². The van der Waals surface area contributed by atoms with E-state index in [1.807, 2.05) is 0 Å². The van der Waals surface area contributed by atoms with Gasteiger partial charge in [-0.2, -0.15) is 0 Å². The maximum absolute atomic E-state index is 6.82. The summed E-state index contributed by atoms with van der Waals surface area (Å²) in [6, 6.07) is 8.54. The highest BCUT2D eigenvalue weighted by Gasteiger charge is 2.44. The summed E-state index contributed by atoms with van der Waals surface area (Å²) in [5.74, 6) is 0. The summed E-state index contributed by atoms with van der Waals surface area (Å²) in [6.45, 7) is 7.49. The van der Waals surface area contributed by atoms with Crippen LogP contribution in [0.2, 0.25) is 0 Å². The van der Waals surface area contributed by atoms with Gasteiger partial charge in [-0.05, 0) is 30.5 Å². The summed E-state index contributed by atoms with van der Waals surface area (Å²) >= 11 is 3.44. The second kappa shape index (κ2) is 3.74. The number of rotatable bonds is 3. The molecule has 0 bridgehead atoms. The molecule has 0 N–H and O–H groups in total. The van der Waals surface area contributed by atoms with Gasteiger partial charge in [-0.3, -0.25) is 0 Å². The molecular formula is C12H12BrN. The van der Waals surface area contributed by atoms with Gasteiger partial charge in [-0.25, -0.2) is 6.57 Å². The number of halogens is 1. The lowest BCUT2D eigenvalue weighted by atomic mass is 9.93. The Morgan fingerprint density at radius 3 is 2.43 bits per heavy atom. The lowest BCUT2D eigenvalue weighted by Gasteiger charge is -2.12. The van der Waals surface area contributed by atoms with E-state index in [4.69, 9.17) is 6.57 Å². The third-order valence-electron chi connectivity index (χ3n) is 3.01. The van der Waals surface area contributed by atoms with E-state index in [0.29, 0.717) is 12.0 Å². The highest BCUT2D eigenvalue weighted by atomic mass is 79.9. The average Bonchev–Trinajstić information content (AvgIpc) is 2.97. The smallest absolute Gasteiger partial charge is 0.215 e. The van der Waals surface area contributed by atoms with Crippen LogP contribution in [0.4, 0.5) is 0 Å². The molecule has 1 saturated carbocycles. The van der Waals surface area contributed by atoms with Crippen LogP contribution in [0.25, 0.3) is 4.85 Å². The molecule has 0 unspecified atom stereocenters. The summed E-state index contributed by atoms with van der Waals surface area (Å²) in [5, 5.41) is 0. The van der Waals surface area contributed by atoms with E-state index >= 15 is 0 Å². The molecule has 2 rings (SSSR count). The van der Waals surface area contributed by atoms with Crippen LogP contribution < -0.4 is 0 Å². The monoisotopic (exact) mass is 249 g/mol. The Morgan fingerprint density at radius 2 is 1.93 bits per heavy atom. The molecule has 1 aromatic rings. The van der Waals surface area contributed by atoms with Crippen LogP contribution in [0.3, 0.4) is 0 Å². The van der Waals surface area contributed by atoms with E-state index in [0.717, 1.165) is 10.9 Å². The number of hydrogen-bond donors (Lipinski definition) is 0. The van der Waals surface area contributed by atoms with E-state index in [1.165, 1.54) is 18.4 Å². The van der Waals surface area contributed by atoms with E-state index in [-0.39, 0.29) is 0 Å². The molecule has 0 aromatic heterocycles. The fourth-order valence-electron chi connectivity index (χ4n) is 1.91. The molecule has 0 radical (unpaired) electrons. The van der Waals surface area contributed by atoms with Crippen molar-refractivity contribution in [3.63, 3.8) is 0 Å². The molecule has 0 saturated heterocycles. The third kappa shape index (κ3) is 1.83. The fourth-order valence-corrected chi connectivity index (χ4v) is 2.17. The maximum atomic E-state index is 6.82. The molecule has 0 amide bonds. The zero-order valence-electron chi connectivity index (χ0n) is 7.96. The Hall–Kier alpha value is -0.810. The predicted molar refractivity (Wildman–Crippen MR) is 61.1 cm³/mol. The molecule has 2 heteroatoms. The Kier molecular flexibility index (Phi) is 2.60. The van der Waals surface area contributed by atoms with Gasteiger partial charge in [0.2, 0.25) is 6.54 Å². The highest BCUT2D eigenvalue weighted by Crippen LogP contribution is 2.51. The lowest BCUT2D eigenvalue weighted by Crippen LogP contribution is -2.07. The van der Waals surface area contributed by atoms with Gasteiger partial charge < -0.3 is 4.85 Å². The van der Waals surface area contributed by atoms with Crippen LogP contribution in [-0.4, -0.2) is 6.54 Å². The summed E-state index contributed by atoms with van der Waals surface area (Å²) in [4.78, 5) is 3.44. The van der Waals surface area contributed by atoms with Gasteiger partial charge in [-0.1, -0.05) is 28.1 Å². The maximum Gasteiger partial charge on any atom is 0.215 e. The Morgan fingerprint density at radius 1 is 1.29 bits per heavy atom. The molecular weight excluding hydrogens is 238 g/mol. The van der Waals surface area contributed by atoms with Gasteiger partial charge in [0.05, 0.1) is 0 Å². The quantitative estimate of drug-likeness (QED) is 0.719. The van der Waals surface area contributed by atoms with E-state index in [2.05, 4.69) is 45.0 Å². The van der Waals surface area contributed by atoms with Crippen molar-refractivity contribution in [2.45, 2.75) is 24.7 Å². The molecule has 1 aromatic carbocycles. The van der Waals surface area contributed by atoms with Crippen molar-refractivity contribution in [3.05, 3.63) is 45.7 Å². The number of hydrogen-bond acceptors (Lipinski definition) is 0. The summed E-state index contributed by atoms with van der Waals surface area (Å²) in [5.41, 5.74) is 1.76. The van der Waals surface area contributed by atoms with Crippen molar-refractivity contribution < 1.29 is 0 Å². The largest absolute Gasteiger partial charge is 0.317 e. The van der Waals surface area contributed by atoms with Gasteiger partial charge in [0.25, 0.3) is 0 Å². The second-order valence-electron chi connectivity index (χ2n) is 3.92. The molecule has 1 aliphatic carbocycles. The van der Waals surface area contributed by atoms with Gasteiger partial charge >= 0.3 is 0 Å². The zero-order chi connectivity index (χ0) is 10.0. The van der Waals surface area contributed by atoms with Crippen LogP contribution in [-0.2, 0) is 5.41 Å². The first-order valence-electron chi connectivity index (χ1n) is 4.86. The molecule has 0 spiro atoms. The van der Waals surface area contributed by atoms with Gasteiger partial charge in [0.1, 0.15) is 0 Å². The second-order valence-corrected chi connectivity index (χ2v) is 4.83. The molecule has 0 aliphatic heterocycles.